The summed E-state index contributed by atoms with van der Waals surface area (Å²) in [4.78, 5) is 6.36. The lowest BCUT2D eigenvalue weighted by molar-refractivity contribution is 0.737. The van der Waals surface area contributed by atoms with Crippen LogP contribution in [0.3, 0.4) is 0 Å². The zero-order chi connectivity index (χ0) is 12.4. The van der Waals surface area contributed by atoms with Gasteiger partial charge >= 0.3 is 0 Å². The lowest BCUT2D eigenvalue weighted by atomic mass is 10.1. The molecule has 0 saturated carbocycles. The summed E-state index contributed by atoms with van der Waals surface area (Å²) in [5.74, 6) is 0. The molecule has 2 rings (SSSR count). The van der Waals surface area contributed by atoms with Gasteiger partial charge in [-0.15, -0.1) is 11.3 Å². The highest BCUT2D eigenvalue weighted by atomic mass is 35.5. The van der Waals surface area contributed by atoms with Crippen molar-refractivity contribution in [3.8, 4) is 0 Å². The fourth-order valence-corrected chi connectivity index (χ4v) is 2.66. The second kappa shape index (κ2) is 5.25. The SMILES string of the molecule is CC(c1ccc(Cl)cc1)N(C)c1nc(Cl)cs1. The Morgan fingerprint density at radius 2 is 1.88 bits per heavy atom. The van der Waals surface area contributed by atoms with Crippen LogP contribution in [0.1, 0.15) is 18.5 Å². The van der Waals surface area contributed by atoms with Crippen LogP contribution in [-0.2, 0) is 0 Å². The highest BCUT2D eigenvalue weighted by Crippen LogP contribution is 2.29. The molecule has 0 spiro atoms. The zero-order valence-corrected chi connectivity index (χ0v) is 11.9. The smallest absolute Gasteiger partial charge is 0.186 e. The standard InChI is InChI=1S/C12H12Cl2N2S/c1-8(9-3-5-10(13)6-4-9)16(2)12-15-11(14)7-17-12/h3-8H,1-2H3. The van der Waals surface area contributed by atoms with E-state index in [-0.39, 0.29) is 6.04 Å². The Morgan fingerprint density at radius 1 is 1.24 bits per heavy atom. The van der Waals surface area contributed by atoms with Crippen molar-refractivity contribution in [1.82, 2.24) is 4.98 Å². The molecule has 0 aliphatic carbocycles. The molecule has 0 saturated heterocycles. The van der Waals surface area contributed by atoms with Crippen molar-refractivity contribution in [3.63, 3.8) is 0 Å². The molecule has 0 radical (unpaired) electrons. The van der Waals surface area contributed by atoms with Crippen molar-refractivity contribution in [2.45, 2.75) is 13.0 Å². The van der Waals surface area contributed by atoms with E-state index >= 15 is 0 Å². The van der Waals surface area contributed by atoms with Gasteiger partial charge in [0, 0.05) is 17.5 Å². The topological polar surface area (TPSA) is 16.1 Å². The lowest BCUT2D eigenvalue weighted by Crippen LogP contribution is -2.21. The Hall–Kier alpha value is -0.770. The van der Waals surface area contributed by atoms with E-state index in [2.05, 4.69) is 16.8 Å². The Morgan fingerprint density at radius 3 is 2.41 bits per heavy atom. The predicted molar refractivity (Wildman–Crippen MR) is 75.4 cm³/mol. The first-order chi connectivity index (χ1) is 8.08. The minimum Gasteiger partial charge on any atom is -0.344 e. The first kappa shape index (κ1) is 12.7. The minimum absolute atomic E-state index is 0.231. The molecule has 5 heteroatoms. The van der Waals surface area contributed by atoms with Gasteiger partial charge < -0.3 is 4.90 Å². The average molecular weight is 287 g/mol. The quantitative estimate of drug-likeness (QED) is 0.817. The molecule has 1 aromatic carbocycles. The van der Waals surface area contributed by atoms with Gasteiger partial charge in [0.1, 0.15) is 5.15 Å². The van der Waals surface area contributed by atoms with Crippen LogP contribution in [0.5, 0.6) is 0 Å². The van der Waals surface area contributed by atoms with Crippen molar-refractivity contribution in [2.24, 2.45) is 0 Å². The van der Waals surface area contributed by atoms with Crippen LogP contribution < -0.4 is 4.90 Å². The molecule has 1 heterocycles. The number of halogens is 2. The molecule has 0 bridgehead atoms. The number of rotatable bonds is 3. The molecular weight excluding hydrogens is 275 g/mol. The number of hydrogen-bond donors (Lipinski definition) is 0. The molecule has 17 heavy (non-hydrogen) atoms. The van der Waals surface area contributed by atoms with Crippen molar-refractivity contribution in [2.75, 3.05) is 11.9 Å². The second-order valence-electron chi connectivity index (χ2n) is 3.79. The van der Waals surface area contributed by atoms with Gasteiger partial charge in [0.15, 0.2) is 5.13 Å². The summed E-state index contributed by atoms with van der Waals surface area (Å²) in [6.45, 7) is 2.12. The van der Waals surface area contributed by atoms with Crippen LogP contribution in [0, 0.1) is 0 Å². The fourth-order valence-electron chi connectivity index (χ4n) is 1.54. The Balaban J connectivity index is 2.19. The molecule has 0 N–H and O–H groups in total. The Bertz CT molecular complexity index is 495. The Labute approximate surface area is 115 Å². The van der Waals surface area contributed by atoms with Gasteiger partial charge in [-0.3, -0.25) is 0 Å². The lowest BCUT2D eigenvalue weighted by Gasteiger charge is -2.24. The zero-order valence-electron chi connectivity index (χ0n) is 9.52. The average Bonchev–Trinajstić information content (AvgIpc) is 2.75. The van der Waals surface area contributed by atoms with E-state index in [9.17, 15) is 0 Å². The summed E-state index contributed by atoms with van der Waals surface area (Å²) in [6, 6.07) is 8.08. The normalized spacial score (nSPS) is 12.5. The summed E-state index contributed by atoms with van der Waals surface area (Å²) in [5, 5.41) is 4.04. The third kappa shape index (κ3) is 2.92. The van der Waals surface area contributed by atoms with Crippen LogP contribution in [-0.4, -0.2) is 12.0 Å². The van der Waals surface area contributed by atoms with Crippen LogP contribution >= 0.6 is 34.5 Å². The van der Waals surface area contributed by atoms with Crippen molar-refractivity contribution < 1.29 is 0 Å². The van der Waals surface area contributed by atoms with Gasteiger partial charge in [-0.1, -0.05) is 35.3 Å². The number of nitrogens with zero attached hydrogens (tertiary/aromatic N) is 2. The number of hydrogen-bond acceptors (Lipinski definition) is 3. The van der Waals surface area contributed by atoms with Gasteiger partial charge in [-0.25, -0.2) is 4.98 Å². The molecule has 90 valence electrons. The minimum atomic E-state index is 0.231. The summed E-state index contributed by atoms with van der Waals surface area (Å²) in [7, 11) is 2.01. The van der Waals surface area contributed by atoms with Crippen LogP contribution in [0.4, 0.5) is 5.13 Å². The fraction of sp³-hybridized carbons (Fsp3) is 0.250. The van der Waals surface area contributed by atoms with Gasteiger partial charge in [-0.2, -0.15) is 0 Å². The summed E-state index contributed by atoms with van der Waals surface area (Å²) >= 11 is 13.2. The van der Waals surface area contributed by atoms with Crippen LogP contribution in [0.25, 0.3) is 0 Å². The third-order valence-electron chi connectivity index (χ3n) is 2.70. The maximum absolute atomic E-state index is 5.87. The maximum atomic E-state index is 5.87. The largest absolute Gasteiger partial charge is 0.344 e. The first-order valence-electron chi connectivity index (χ1n) is 5.17. The third-order valence-corrected chi connectivity index (χ3v) is 4.21. The molecule has 0 aliphatic rings. The van der Waals surface area contributed by atoms with E-state index in [1.807, 2.05) is 36.7 Å². The Kier molecular flexibility index (Phi) is 3.92. The predicted octanol–water partition coefficient (Wildman–Crippen LogP) is 4.65. The molecule has 1 unspecified atom stereocenters. The second-order valence-corrected chi connectivity index (χ2v) is 5.45. The van der Waals surface area contributed by atoms with E-state index in [4.69, 9.17) is 23.2 Å². The van der Waals surface area contributed by atoms with Crippen molar-refractivity contribution in [1.29, 1.82) is 0 Å². The van der Waals surface area contributed by atoms with Crippen LogP contribution in [0.2, 0.25) is 10.2 Å². The molecule has 2 aromatic rings. The van der Waals surface area contributed by atoms with E-state index in [0.717, 1.165) is 10.2 Å². The summed E-state index contributed by atoms with van der Waals surface area (Å²) in [6.07, 6.45) is 0. The van der Waals surface area contributed by atoms with Crippen LogP contribution in [0.15, 0.2) is 29.6 Å². The van der Waals surface area contributed by atoms with Gasteiger partial charge in [-0.05, 0) is 24.6 Å². The van der Waals surface area contributed by atoms with E-state index in [1.165, 1.54) is 5.56 Å². The van der Waals surface area contributed by atoms with Crippen molar-refractivity contribution in [3.05, 3.63) is 45.4 Å². The molecule has 2 nitrogen and oxygen atoms in total. The van der Waals surface area contributed by atoms with Gasteiger partial charge in [0.05, 0.1) is 6.04 Å². The number of aromatic nitrogens is 1. The van der Waals surface area contributed by atoms with E-state index in [1.54, 1.807) is 11.3 Å². The summed E-state index contributed by atoms with van der Waals surface area (Å²) < 4.78 is 0. The van der Waals surface area contributed by atoms with Crippen molar-refractivity contribution >= 4 is 39.7 Å². The molecule has 0 aliphatic heterocycles. The molecule has 0 fully saturated rings. The number of anilines is 1. The maximum Gasteiger partial charge on any atom is 0.186 e. The first-order valence-corrected chi connectivity index (χ1v) is 6.81. The number of thiazole rings is 1. The van der Waals surface area contributed by atoms with E-state index < -0.39 is 0 Å². The highest BCUT2D eigenvalue weighted by molar-refractivity contribution is 7.14. The molecule has 1 aromatic heterocycles. The monoisotopic (exact) mass is 286 g/mol. The molecule has 1 atom stereocenters. The highest BCUT2D eigenvalue weighted by Gasteiger charge is 2.14. The molecular formula is C12H12Cl2N2S. The van der Waals surface area contributed by atoms with Gasteiger partial charge in [0.2, 0.25) is 0 Å². The number of benzene rings is 1. The van der Waals surface area contributed by atoms with E-state index in [0.29, 0.717) is 5.15 Å². The molecule has 0 amide bonds. The van der Waals surface area contributed by atoms with Gasteiger partial charge in [0.25, 0.3) is 0 Å². The summed E-state index contributed by atoms with van der Waals surface area (Å²) in [5.41, 5.74) is 1.20.